The van der Waals surface area contributed by atoms with Crippen LogP contribution in [0, 0.1) is 0 Å². The molecule has 148 valence electrons. The highest BCUT2D eigenvalue weighted by molar-refractivity contribution is 7.12. The van der Waals surface area contributed by atoms with Crippen LogP contribution in [0.1, 0.15) is 28.6 Å². The molecule has 3 rings (SSSR count). The van der Waals surface area contributed by atoms with E-state index < -0.39 is 0 Å². The van der Waals surface area contributed by atoms with Crippen molar-refractivity contribution in [1.82, 2.24) is 20.9 Å². The normalized spacial score (nSPS) is 11.5. The van der Waals surface area contributed by atoms with Crippen molar-refractivity contribution in [3.63, 3.8) is 0 Å². The van der Waals surface area contributed by atoms with Gasteiger partial charge in [-0.05, 0) is 42.8 Å². The molecule has 0 fully saturated rings. The minimum Gasteiger partial charge on any atom is -0.361 e. The predicted molar refractivity (Wildman–Crippen MR) is 117 cm³/mol. The van der Waals surface area contributed by atoms with E-state index in [9.17, 15) is 4.79 Å². The second kappa shape index (κ2) is 10.5. The third-order valence-electron chi connectivity index (χ3n) is 4.34. The van der Waals surface area contributed by atoms with Gasteiger partial charge in [0.1, 0.15) is 0 Å². The molecule has 2 aromatic heterocycles. The van der Waals surface area contributed by atoms with Crippen molar-refractivity contribution >= 4 is 34.1 Å². The van der Waals surface area contributed by atoms with E-state index in [-0.39, 0.29) is 5.91 Å². The maximum atomic E-state index is 11.9. The maximum absolute atomic E-state index is 11.9. The molecule has 2 heterocycles. The quantitative estimate of drug-likeness (QED) is 0.254. The van der Waals surface area contributed by atoms with Crippen molar-refractivity contribution in [1.29, 1.82) is 0 Å². The monoisotopic (exact) mass is 397 g/mol. The number of aromatic amines is 1. The zero-order valence-electron chi connectivity index (χ0n) is 16.1. The van der Waals surface area contributed by atoms with Gasteiger partial charge in [0.25, 0.3) is 5.91 Å². The van der Waals surface area contributed by atoms with E-state index in [0.29, 0.717) is 13.1 Å². The summed E-state index contributed by atoms with van der Waals surface area (Å²) in [6, 6.07) is 12.1. The molecular weight excluding hydrogens is 370 g/mol. The molecule has 0 aliphatic rings. The predicted octanol–water partition coefficient (Wildman–Crippen LogP) is 3.15. The number of benzene rings is 1. The van der Waals surface area contributed by atoms with Crippen molar-refractivity contribution in [2.75, 3.05) is 26.2 Å². The summed E-state index contributed by atoms with van der Waals surface area (Å²) in [5.41, 5.74) is 2.47. The van der Waals surface area contributed by atoms with E-state index in [4.69, 9.17) is 0 Å². The fourth-order valence-corrected chi connectivity index (χ4v) is 3.60. The van der Waals surface area contributed by atoms with Gasteiger partial charge in [0.15, 0.2) is 5.96 Å². The number of amides is 1. The molecule has 1 aromatic carbocycles. The van der Waals surface area contributed by atoms with Gasteiger partial charge >= 0.3 is 0 Å². The summed E-state index contributed by atoms with van der Waals surface area (Å²) in [6.07, 6.45) is 3.80. The van der Waals surface area contributed by atoms with Gasteiger partial charge in [-0.2, -0.15) is 0 Å². The number of aromatic nitrogens is 1. The van der Waals surface area contributed by atoms with Crippen molar-refractivity contribution in [2.45, 2.75) is 19.8 Å². The molecule has 3 aromatic rings. The molecule has 0 saturated carbocycles. The largest absolute Gasteiger partial charge is 0.361 e. The van der Waals surface area contributed by atoms with E-state index in [1.165, 1.54) is 27.8 Å². The topological polar surface area (TPSA) is 81.3 Å². The number of carbonyl (C=O) groups excluding carboxylic acids is 1. The lowest BCUT2D eigenvalue weighted by molar-refractivity contribution is 0.0957. The van der Waals surface area contributed by atoms with Crippen molar-refractivity contribution < 1.29 is 4.79 Å². The number of carbonyl (C=O) groups is 1. The third-order valence-corrected chi connectivity index (χ3v) is 5.21. The van der Waals surface area contributed by atoms with E-state index in [2.05, 4.69) is 57.2 Å². The van der Waals surface area contributed by atoms with Crippen LogP contribution in [-0.4, -0.2) is 43.0 Å². The SMILES string of the molecule is CCNC(=NCCCNC(=O)c1cccs1)NCCc1c[nH]c2ccccc12. The number of fused-ring (bicyclic) bond motifs is 1. The van der Waals surface area contributed by atoms with Crippen LogP contribution in [-0.2, 0) is 6.42 Å². The Morgan fingerprint density at radius 1 is 1.11 bits per heavy atom. The van der Waals surface area contributed by atoms with E-state index in [1.807, 2.05) is 23.6 Å². The smallest absolute Gasteiger partial charge is 0.261 e. The fraction of sp³-hybridized carbons (Fsp3) is 0.333. The van der Waals surface area contributed by atoms with Crippen LogP contribution in [0.15, 0.2) is 53.0 Å². The Morgan fingerprint density at radius 2 is 2.00 bits per heavy atom. The van der Waals surface area contributed by atoms with Crippen molar-refractivity contribution in [3.8, 4) is 0 Å². The summed E-state index contributed by atoms with van der Waals surface area (Å²) >= 11 is 1.45. The number of rotatable bonds is 9. The number of hydrogen-bond acceptors (Lipinski definition) is 3. The number of hydrogen-bond donors (Lipinski definition) is 4. The third kappa shape index (κ3) is 5.60. The second-order valence-electron chi connectivity index (χ2n) is 6.38. The average Bonchev–Trinajstić information content (AvgIpc) is 3.38. The molecule has 0 aliphatic heterocycles. The number of aliphatic imine (C=N–C) groups is 1. The molecule has 0 atom stereocenters. The Hall–Kier alpha value is -2.80. The Labute approximate surface area is 169 Å². The molecule has 6 nitrogen and oxygen atoms in total. The number of para-hydroxylation sites is 1. The van der Waals surface area contributed by atoms with E-state index in [0.717, 1.165) is 36.8 Å². The summed E-state index contributed by atoms with van der Waals surface area (Å²) in [5.74, 6) is 0.801. The van der Waals surface area contributed by atoms with Crippen LogP contribution in [0.2, 0.25) is 0 Å². The Kier molecular flexibility index (Phi) is 7.49. The van der Waals surface area contributed by atoms with Gasteiger partial charge in [0.05, 0.1) is 4.88 Å². The molecular formula is C21H27N5OS. The first-order valence-electron chi connectivity index (χ1n) is 9.67. The number of H-pyrrole nitrogens is 1. The van der Waals surface area contributed by atoms with E-state index >= 15 is 0 Å². The summed E-state index contributed by atoms with van der Waals surface area (Å²) in [6.45, 7) is 4.96. The van der Waals surface area contributed by atoms with Gasteiger partial charge in [-0.25, -0.2) is 0 Å². The first kappa shape index (κ1) is 19.9. The fourth-order valence-electron chi connectivity index (χ4n) is 2.96. The van der Waals surface area contributed by atoms with Crippen LogP contribution in [0.25, 0.3) is 10.9 Å². The highest BCUT2D eigenvalue weighted by atomic mass is 32.1. The van der Waals surface area contributed by atoms with Gasteiger partial charge in [0.2, 0.25) is 0 Å². The Bertz CT molecular complexity index is 901. The molecule has 4 N–H and O–H groups in total. The minimum atomic E-state index is -0.0114. The molecule has 0 bridgehead atoms. The Balaban J connectivity index is 1.40. The molecule has 0 spiro atoms. The zero-order valence-corrected chi connectivity index (χ0v) is 16.9. The van der Waals surface area contributed by atoms with E-state index in [1.54, 1.807) is 0 Å². The van der Waals surface area contributed by atoms with Crippen LogP contribution in [0.4, 0.5) is 0 Å². The highest BCUT2D eigenvalue weighted by Crippen LogP contribution is 2.17. The average molecular weight is 398 g/mol. The Morgan fingerprint density at radius 3 is 2.82 bits per heavy atom. The number of nitrogens with zero attached hydrogens (tertiary/aromatic N) is 1. The van der Waals surface area contributed by atoms with Gasteiger partial charge in [-0.15, -0.1) is 11.3 Å². The van der Waals surface area contributed by atoms with Gasteiger partial charge in [-0.3, -0.25) is 9.79 Å². The number of thiophene rings is 1. The lowest BCUT2D eigenvalue weighted by Gasteiger charge is -2.11. The van der Waals surface area contributed by atoms with Gasteiger partial charge in [0, 0.05) is 43.3 Å². The molecule has 0 radical (unpaired) electrons. The molecule has 28 heavy (non-hydrogen) atoms. The molecule has 0 unspecified atom stereocenters. The summed E-state index contributed by atoms with van der Waals surface area (Å²) in [5, 5.41) is 12.8. The van der Waals surface area contributed by atoms with Crippen LogP contribution in [0.5, 0.6) is 0 Å². The second-order valence-corrected chi connectivity index (χ2v) is 7.33. The molecule has 1 amide bonds. The number of nitrogens with one attached hydrogen (secondary N) is 4. The zero-order chi connectivity index (χ0) is 19.6. The lowest BCUT2D eigenvalue weighted by Crippen LogP contribution is -2.38. The van der Waals surface area contributed by atoms with Crippen LogP contribution in [0.3, 0.4) is 0 Å². The lowest BCUT2D eigenvalue weighted by atomic mass is 10.1. The number of guanidine groups is 1. The van der Waals surface area contributed by atoms with Gasteiger partial charge in [-0.1, -0.05) is 24.3 Å². The maximum Gasteiger partial charge on any atom is 0.261 e. The van der Waals surface area contributed by atoms with Crippen molar-refractivity contribution in [3.05, 3.63) is 58.4 Å². The highest BCUT2D eigenvalue weighted by Gasteiger charge is 2.05. The van der Waals surface area contributed by atoms with Gasteiger partial charge < -0.3 is 20.9 Å². The molecule has 7 heteroatoms. The van der Waals surface area contributed by atoms with Crippen LogP contribution >= 0.6 is 11.3 Å². The molecule has 0 saturated heterocycles. The summed E-state index contributed by atoms with van der Waals surface area (Å²) in [4.78, 5) is 20.5. The first-order chi connectivity index (χ1) is 13.8. The first-order valence-corrected chi connectivity index (χ1v) is 10.5. The minimum absolute atomic E-state index is 0.0114. The summed E-state index contributed by atoms with van der Waals surface area (Å²) < 4.78 is 0. The summed E-state index contributed by atoms with van der Waals surface area (Å²) in [7, 11) is 0. The standard InChI is InChI=1S/C21H27N5OS/c1-2-22-21(24-12-6-11-23-20(27)19-9-5-14-28-19)25-13-10-16-15-26-18-8-4-3-7-17(16)18/h3-5,7-9,14-15,26H,2,6,10-13H2,1H3,(H,23,27)(H2,22,24,25). The molecule has 0 aliphatic carbocycles. The van der Waals surface area contributed by atoms with Crippen molar-refractivity contribution in [2.24, 2.45) is 4.99 Å². The van der Waals surface area contributed by atoms with Crippen LogP contribution < -0.4 is 16.0 Å².